The van der Waals surface area contributed by atoms with Crippen molar-refractivity contribution in [2.75, 3.05) is 0 Å². The molecule has 0 aliphatic rings. The van der Waals surface area contributed by atoms with E-state index < -0.39 is 17.6 Å². The van der Waals surface area contributed by atoms with Crippen molar-refractivity contribution in [2.24, 2.45) is 0 Å². The number of nitrogens with zero attached hydrogens (tertiary/aromatic N) is 4. The number of pyridine rings is 1. The largest absolute Gasteiger partial charge is 0.487 e. The number of ether oxygens (including phenoxy) is 1. The van der Waals surface area contributed by atoms with Gasteiger partial charge in [0.25, 0.3) is 5.91 Å². The number of rotatable bonds is 7. The molecular weight excluding hydrogens is 478 g/mol. The molecule has 0 saturated heterocycles. The first-order valence-electron chi connectivity index (χ1n) is 11.7. The van der Waals surface area contributed by atoms with Gasteiger partial charge in [0.15, 0.2) is 0 Å². The van der Waals surface area contributed by atoms with Crippen LogP contribution in [0.5, 0.6) is 5.75 Å². The van der Waals surface area contributed by atoms with Crippen molar-refractivity contribution in [3.63, 3.8) is 0 Å². The number of hydrogen-bond acceptors (Lipinski definition) is 6. The standard InChI is InChI=1S/C27H30ClN5O3/c1-15-10-20(17(3)32-26(34)27(5,6)35)21(22(28)11-15)13-36-24-9-7-8-19-23(12-16(2)31-25(19)24)33-18(4)29-14-30-33/h7-12,14,17,35H,13H2,1-6H3,(H,32,34)/t17-/m0/s1. The molecule has 0 aliphatic carbocycles. The third-order valence-electron chi connectivity index (χ3n) is 5.97. The Morgan fingerprint density at radius 1 is 1.22 bits per heavy atom. The van der Waals surface area contributed by atoms with Crippen molar-refractivity contribution < 1.29 is 14.6 Å². The Labute approximate surface area is 215 Å². The molecule has 0 saturated carbocycles. The van der Waals surface area contributed by atoms with Crippen LogP contribution < -0.4 is 10.1 Å². The number of hydrogen-bond donors (Lipinski definition) is 2. The topological polar surface area (TPSA) is 102 Å². The number of carbonyl (C=O) groups excluding carboxylic acids is 1. The molecular formula is C27H30ClN5O3. The molecule has 2 heterocycles. The van der Waals surface area contributed by atoms with Crippen LogP contribution in [-0.4, -0.2) is 36.4 Å². The monoisotopic (exact) mass is 507 g/mol. The highest BCUT2D eigenvalue weighted by atomic mass is 35.5. The van der Waals surface area contributed by atoms with Crippen LogP contribution in [0.2, 0.25) is 5.02 Å². The van der Waals surface area contributed by atoms with Gasteiger partial charge in [0.2, 0.25) is 0 Å². The lowest BCUT2D eigenvalue weighted by atomic mass is 9.98. The second kappa shape index (κ2) is 9.87. The SMILES string of the molecule is Cc1cc(Cl)c(COc2cccc3c(-n4ncnc4C)cc(C)nc23)c([C@H](C)NC(=O)C(C)(C)O)c1. The van der Waals surface area contributed by atoms with Crippen LogP contribution in [0.1, 0.15) is 55.0 Å². The second-order valence-corrected chi connectivity index (χ2v) is 9.92. The third-order valence-corrected chi connectivity index (χ3v) is 6.31. The van der Waals surface area contributed by atoms with E-state index in [0.717, 1.165) is 39.3 Å². The number of nitrogens with one attached hydrogen (secondary N) is 1. The molecule has 8 nitrogen and oxygen atoms in total. The minimum Gasteiger partial charge on any atom is -0.487 e. The van der Waals surface area contributed by atoms with Crippen molar-refractivity contribution in [3.8, 4) is 11.4 Å². The number of aliphatic hydroxyl groups is 1. The summed E-state index contributed by atoms with van der Waals surface area (Å²) in [6.07, 6.45) is 1.52. The molecule has 1 atom stereocenters. The fourth-order valence-corrected chi connectivity index (χ4v) is 4.43. The number of carbonyl (C=O) groups is 1. The summed E-state index contributed by atoms with van der Waals surface area (Å²) in [5.74, 6) is 0.904. The lowest BCUT2D eigenvalue weighted by Gasteiger charge is -2.24. The third kappa shape index (κ3) is 5.20. The van der Waals surface area contributed by atoms with Gasteiger partial charge in [-0.25, -0.2) is 14.6 Å². The van der Waals surface area contributed by atoms with Crippen LogP contribution >= 0.6 is 11.6 Å². The first kappa shape index (κ1) is 25.6. The molecule has 4 rings (SSSR count). The predicted molar refractivity (Wildman–Crippen MR) is 140 cm³/mol. The van der Waals surface area contributed by atoms with Gasteiger partial charge in [0, 0.05) is 21.7 Å². The zero-order valence-corrected chi connectivity index (χ0v) is 22.0. The number of amides is 1. The van der Waals surface area contributed by atoms with Gasteiger partial charge in [-0.05, 0) is 70.9 Å². The van der Waals surface area contributed by atoms with Crippen LogP contribution in [0.15, 0.2) is 42.7 Å². The zero-order valence-electron chi connectivity index (χ0n) is 21.3. The molecule has 9 heteroatoms. The van der Waals surface area contributed by atoms with E-state index in [2.05, 4.69) is 15.4 Å². The highest BCUT2D eigenvalue weighted by Crippen LogP contribution is 2.32. The Morgan fingerprint density at radius 3 is 2.64 bits per heavy atom. The molecule has 0 radical (unpaired) electrons. The molecule has 0 fully saturated rings. The summed E-state index contributed by atoms with van der Waals surface area (Å²) in [5, 5.41) is 18.7. The number of aromatic nitrogens is 4. The lowest BCUT2D eigenvalue weighted by molar-refractivity contribution is -0.137. The first-order chi connectivity index (χ1) is 17.0. The molecule has 188 valence electrons. The van der Waals surface area contributed by atoms with Gasteiger partial charge in [0.1, 0.15) is 35.6 Å². The molecule has 1 amide bonds. The van der Waals surface area contributed by atoms with E-state index in [9.17, 15) is 9.90 Å². The van der Waals surface area contributed by atoms with Crippen LogP contribution in [0, 0.1) is 20.8 Å². The Balaban J connectivity index is 1.70. The van der Waals surface area contributed by atoms with E-state index in [1.54, 1.807) is 4.68 Å². The normalized spacial score (nSPS) is 12.6. The van der Waals surface area contributed by atoms with Crippen LogP contribution in [0.4, 0.5) is 0 Å². The maximum atomic E-state index is 12.4. The average molecular weight is 508 g/mol. The Bertz CT molecular complexity index is 1440. The van der Waals surface area contributed by atoms with Gasteiger partial charge < -0.3 is 15.2 Å². The zero-order chi connectivity index (χ0) is 26.2. The van der Waals surface area contributed by atoms with Gasteiger partial charge in [0.05, 0.1) is 11.7 Å². The van der Waals surface area contributed by atoms with Crippen molar-refractivity contribution in [2.45, 2.75) is 59.8 Å². The Hall–Kier alpha value is -3.49. The highest BCUT2D eigenvalue weighted by Gasteiger charge is 2.26. The second-order valence-electron chi connectivity index (χ2n) is 9.51. The average Bonchev–Trinajstić information content (AvgIpc) is 3.22. The Kier molecular flexibility index (Phi) is 7.02. The van der Waals surface area contributed by atoms with Gasteiger partial charge in [-0.2, -0.15) is 5.10 Å². The molecule has 0 bridgehead atoms. The van der Waals surface area contributed by atoms with E-state index in [1.165, 1.54) is 20.2 Å². The molecule has 0 aliphatic heterocycles. The molecule has 0 spiro atoms. The van der Waals surface area contributed by atoms with Crippen molar-refractivity contribution >= 4 is 28.4 Å². The van der Waals surface area contributed by atoms with Crippen molar-refractivity contribution in [1.29, 1.82) is 0 Å². The summed E-state index contributed by atoms with van der Waals surface area (Å²) in [5.41, 5.74) is 3.43. The van der Waals surface area contributed by atoms with Crippen LogP contribution in [0.3, 0.4) is 0 Å². The van der Waals surface area contributed by atoms with Crippen molar-refractivity contribution in [3.05, 3.63) is 76.0 Å². The minimum absolute atomic E-state index is 0.170. The smallest absolute Gasteiger partial charge is 0.251 e. The molecule has 0 unspecified atom stereocenters. The van der Waals surface area contributed by atoms with E-state index >= 15 is 0 Å². The summed E-state index contributed by atoms with van der Waals surface area (Å²) in [7, 11) is 0. The summed E-state index contributed by atoms with van der Waals surface area (Å²) in [4.78, 5) is 21.4. The maximum absolute atomic E-state index is 12.4. The molecule has 36 heavy (non-hydrogen) atoms. The van der Waals surface area contributed by atoms with Gasteiger partial charge in [-0.3, -0.25) is 4.79 Å². The number of fused-ring (bicyclic) bond motifs is 1. The maximum Gasteiger partial charge on any atom is 0.251 e. The molecule has 2 aromatic carbocycles. The summed E-state index contributed by atoms with van der Waals surface area (Å²) in [6.45, 7) is 10.7. The lowest BCUT2D eigenvalue weighted by Crippen LogP contribution is -2.43. The number of halogens is 1. The van der Waals surface area contributed by atoms with Crippen LogP contribution in [-0.2, 0) is 11.4 Å². The highest BCUT2D eigenvalue weighted by molar-refractivity contribution is 6.31. The van der Waals surface area contributed by atoms with E-state index in [1.807, 2.05) is 64.1 Å². The van der Waals surface area contributed by atoms with E-state index in [4.69, 9.17) is 21.3 Å². The Morgan fingerprint density at radius 2 is 1.97 bits per heavy atom. The number of para-hydroxylation sites is 1. The predicted octanol–water partition coefficient (Wildman–Crippen LogP) is 4.92. The minimum atomic E-state index is -1.49. The molecule has 4 aromatic rings. The summed E-state index contributed by atoms with van der Waals surface area (Å²) >= 11 is 6.65. The molecule has 2 aromatic heterocycles. The molecule has 2 N–H and O–H groups in total. The first-order valence-corrected chi connectivity index (χ1v) is 12.1. The summed E-state index contributed by atoms with van der Waals surface area (Å²) < 4.78 is 8.07. The van der Waals surface area contributed by atoms with Gasteiger partial charge >= 0.3 is 0 Å². The number of aryl methyl sites for hydroxylation is 3. The van der Waals surface area contributed by atoms with Gasteiger partial charge in [-0.1, -0.05) is 29.8 Å². The fraction of sp³-hybridized carbons (Fsp3) is 0.333. The fourth-order valence-electron chi connectivity index (χ4n) is 4.09. The van der Waals surface area contributed by atoms with Crippen LogP contribution in [0.25, 0.3) is 16.6 Å². The van der Waals surface area contributed by atoms with E-state index in [-0.39, 0.29) is 6.61 Å². The van der Waals surface area contributed by atoms with Crippen molar-refractivity contribution in [1.82, 2.24) is 25.1 Å². The quantitative estimate of drug-likeness (QED) is 0.368. The number of benzene rings is 2. The van der Waals surface area contributed by atoms with E-state index in [0.29, 0.717) is 16.3 Å². The summed E-state index contributed by atoms with van der Waals surface area (Å²) in [6, 6.07) is 11.2. The van der Waals surface area contributed by atoms with Gasteiger partial charge in [-0.15, -0.1) is 0 Å².